The molecule has 0 bridgehead atoms. The number of likely N-dealkylation sites (N-methyl/N-ethyl adjacent to an activating group) is 1. The van der Waals surface area contributed by atoms with E-state index in [1.54, 1.807) is 0 Å². The van der Waals surface area contributed by atoms with Gasteiger partial charge in [-0.25, -0.2) is 0 Å². The first-order chi connectivity index (χ1) is 8.44. The Morgan fingerprint density at radius 2 is 1.89 bits per heavy atom. The van der Waals surface area contributed by atoms with Gasteiger partial charge in [0.15, 0.2) is 0 Å². The van der Waals surface area contributed by atoms with Crippen LogP contribution in [0.3, 0.4) is 0 Å². The van der Waals surface area contributed by atoms with Gasteiger partial charge in [0.1, 0.15) is 0 Å². The van der Waals surface area contributed by atoms with Gasteiger partial charge in [-0.1, -0.05) is 30.3 Å². The fourth-order valence-corrected chi connectivity index (χ4v) is 2.24. The predicted octanol–water partition coefficient (Wildman–Crippen LogP) is 1.91. The summed E-state index contributed by atoms with van der Waals surface area (Å²) in [6.45, 7) is 4.48. The van der Waals surface area contributed by atoms with Gasteiger partial charge < -0.3 is 10.6 Å². The third kappa shape index (κ3) is 2.03. The minimum absolute atomic E-state index is 0.198. The van der Waals surface area contributed by atoms with E-state index in [2.05, 4.69) is 0 Å². The molecular formula is C15H22N2O. The molecule has 0 spiro atoms. The van der Waals surface area contributed by atoms with E-state index < -0.39 is 0 Å². The molecule has 1 aromatic rings. The van der Waals surface area contributed by atoms with Crippen LogP contribution < -0.4 is 5.73 Å². The molecule has 1 amide bonds. The summed E-state index contributed by atoms with van der Waals surface area (Å²) < 4.78 is 0. The van der Waals surface area contributed by atoms with Crippen molar-refractivity contribution in [2.45, 2.75) is 37.6 Å². The van der Waals surface area contributed by atoms with Gasteiger partial charge in [-0.05, 0) is 32.3 Å². The molecule has 1 aromatic carbocycles. The summed E-state index contributed by atoms with van der Waals surface area (Å²) in [5.74, 6) is 0.198. The molecule has 0 heterocycles. The van der Waals surface area contributed by atoms with Crippen LogP contribution in [0.5, 0.6) is 0 Å². The highest BCUT2D eigenvalue weighted by Crippen LogP contribution is 2.50. The SMILES string of the molecule is CN(C(=O)C1(c2ccccc2)CC1)C(C)(C)CN. The van der Waals surface area contributed by atoms with Crippen molar-refractivity contribution in [2.75, 3.05) is 13.6 Å². The van der Waals surface area contributed by atoms with Crippen molar-refractivity contribution < 1.29 is 4.79 Å². The van der Waals surface area contributed by atoms with Crippen LogP contribution in [0.4, 0.5) is 0 Å². The van der Waals surface area contributed by atoms with Crippen LogP contribution in [0.1, 0.15) is 32.3 Å². The van der Waals surface area contributed by atoms with Crippen LogP contribution >= 0.6 is 0 Å². The molecule has 2 N–H and O–H groups in total. The minimum Gasteiger partial charge on any atom is -0.339 e. The van der Waals surface area contributed by atoms with Gasteiger partial charge in [0.05, 0.1) is 5.41 Å². The van der Waals surface area contributed by atoms with Gasteiger partial charge in [0, 0.05) is 19.1 Å². The maximum Gasteiger partial charge on any atom is 0.233 e. The molecular weight excluding hydrogens is 224 g/mol. The third-order valence-corrected chi connectivity index (χ3v) is 4.20. The zero-order valence-electron chi connectivity index (χ0n) is 11.4. The maximum atomic E-state index is 12.7. The van der Waals surface area contributed by atoms with Gasteiger partial charge in [0.2, 0.25) is 5.91 Å². The van der Waals surface area contributed by atoms with Crippen molar-refractivity contribution in [1.82, 2.24) is 4.90 Å². The molecule has 1 aliphatic rings. The number of rotatable bonds is 4. The minimum atomic E-state index is -0.290. The Morgan fingerprint density at radius 1 is 1.33 bits per heavy atom. The van der Waals surface area contributed by atoms with E-state index in [0.29, 0.717) is 6.54 Å². The van der Waals surface area contributed by atoms with Crippen molar-refractivity contribution >= 4 is 5.91 Å². The van der Waals surface area contributed by atoms with E-state index in [4.69, 9.17) is 5.73 Å². The Kier molecular flexibility index (Phi) is 3.20. The standard InChI is InChI=1S/C15H22N2O/c1-14(2,11-16)17(3)13(18)15(9-10-15)12-7-5-4-6-8-12/h4-8H,9-11,16H2,1-3H3. The highest BCUT2D eigenvalue weighted by Gasteiger charge is 2.53. The Morgan fingerprint density at radius 3 is 2.33 bits per heavy atom. The lowest BCUT2D eigenvalue weighted by Crippen LogP contribution is -2.53. The summed E-state index contributed by atoms with van der Waals surface area (Å²) in [7, 11) is 1.86. The van der Waals surface area contributed by atoms with Crippen molar-refractivity contribution in [3.8, 4) is 0 Å². The summed E-state index contributed by atoms with van der Waals surface area (Å²) in [5, 5.41) is 0. The Labute approximate surface area is 109 Å². The first-order valence-corrected chi connectivity index (χ1v) is 6.48. The molecule has 1 saturated carbocycles. The molecule has 0 atom stereocenters. The summed E-state index contributed by atoms with van der Waals surface area (Å²) in [6, 6.07) is 10.1. The van der Waals surface area contributed by atoms with Gasteiger partial charge >= 0.3 is 0 Å². The number of hydrogen-bond acceptors (Lipinski definition) is 2. The number of carbonyl (C=O) groups excluding carboxylic acids is 1. The average molecular weight is 246 g/mol. The highest BCUT2D eigenvalue weighted by atomic mass is 16.2. The topological polar surface area (TPSA) is 46.3 Å². The van der Waals surface area contributed by atoms with Gasteiger partial charge in [-0.3, -0.25) is 4.79 Å². The van der Waals surface area contributed by atoms with Crippen LogP contribution in [0.25, 0.3) is 0 Å². The number of amides is 1. The lowest BCUT2D eigenvalue weighted by Gasteiger charge is -2.37. The molecule has 98 valence electrons. The molecule has 0 aromatic heterocycles. The number of nitrogens with zero attached hydrogens (tertiary/aromatic N) is 1. The number of nitrogens with two attached hydrogens (primary N) is 1. The molecule has 3 nitrogen and oxygen atoms in total. The molecule has 0 saturated heterocycles. The van der Waals surface area contributed by atoms with E-state index >= 15 is 0 Å². The largest absolute Gasteiger partial charge is 0.339 e. The first kappa shape index (κ1) is 13.1. The lowest BCUT2D eigenvalue weighted by atomic mass is 9.92. The normalized spacial score (nSPS) is 17.3. The maximum absolute atomic E-state index is 12.7. The van der Waals surface area contributed by atoms with E-state index in [0.717, 1.165) is 18.4 Å². The molecule has 0 radical (unpaired) electrons. The highest BCUT2D eigenvalue weighted by molar-refractivity contribution is 5.91. The van der Waals surface area contributed by atoms with Gasteiger partial charge in [-0.2, -0.15) is 0 Å². The Balaban J connectivity index is 2.25. The predicted molar refractivity (Wildman–Crippen MR) is 73.3 cm³/mol. The van der Waals surface area contributed by atoms with Crippen LogP contribution in [-0.2, 0) is 10.2 Å². The summed E-state index contributed by atoms with van der Waals surface area (Å²) >= 11 is 0. The van der Waals surface area contributed by atoms with Gasteiger partial charge in [0.25, 0.3) is 0 Å². The van der Waals surface area contributed by atoms with E-state index in [1.165, 1.54) is 0 Å². The van der Waals surface area contributed by atoms with E-state index in [1.807, 2.05) is 56.1 Å². The fraction of sp³-hybridized carbons (Fsp3) is 0.533. The zero-order valence-corrected chi connectivity index (χ0v) is 11.4. The second kappa shape index (κ2) is 4.39. The quantitative estimate of drug-likeness (QED) is 0.882. The van der Waals surface area contributed by atoms with E-state index in [9.17, 15) is 4.79 Å². The number of benzene rings is 1. The molecule has 3 heteroatoms. The van der Waals surface area contributed by atoms with Gasteiger partial charge in [-0.15, -0.1) is 0 Å². The first-order valence-electron chi connectivity index (χ1n) is 6.48. The average Bonchev–Trinajstić information content (AvgIpc) is 3.19. The summed E-state index contributed by atoms with van der Waals surface area (Å²) in [5.41, 5.74) is 6.31. The van der Waals surface area contributed by atoms with Crippen LogP contribution in [0, 0.1) is 0 Å². The number of carbonyl (C=O) groups is 1. The van der Waals surface area contributed by atoms with Crippen molar-refractivity contribution in [1.29, 1.82) is 0 Å². The van der Waals surface area contributed by atoms with Crippen LogP contribution in [0.15, 0.2) is 30.3 Å². The molecule has 18 heavy (non-hydrogen) atoms. The molecule has 1 fully saturated rings. The van der Waals surface area contributed by atoms with Crippen molar-refractivity contribution in [3.63, 3.8) is 0 Å². The molecule has 2 rings (SSSR count). The Hall–Kier alpha value is -1.35. The number of hydrogen-bond donors (Lipinski definition) is 1. The smallest absolute Gasteiger partial charge is 0.233 e. The second-order valence-electron chi connectivity index (χ2n) is 5.83. The second-order valence-corrected chi connectivity index (χ2v) is 5.83. The van der Waals surface area contributed by atoms with Crippen LogP contribution in [0.2, 0.25) is 0 Å². The molecule has 1 aliphatic carbocycles. The summed E-state index contributed by atoms with van der Waals surface area (Å²) in [4.78, 5) is 14.5. The zero-order chi connectivity index (χ0) is 13.4. The van der Waals surface area contributed by atoms with Crippen molar-refractivity contribution in [2.24, 2.45) is 5.73 Å². The third-order valence-electron chi connectivity index (χ3n) is 4.20. The molecule has 0 unspecified atom stereocenters. The van der Waals surface area contributed by atoms with Crippen LogP contribution in [-0.4, -0.2) is 29.9 Å². The van der Waals surface area contributed by atoms with Crippen molar-refractivity contribution in [3.05, 3.63) is 35.9 Å². The fourth-order valence-electron chi connectivity index (χ4n) is 2.24. The summed E-state index contributed by atoms with van der Waals surface area (Å²) in [6.07, 6.45) is 1.89. The van der Waals surface area contributed by atoms with E-state index in [-0.39, 0.29) is 16.9 Å². The molecule has 0 aliphatic heterocycles. The Bertz CT molecular complexity index is 435. The monoisotopic (exact) mass is 246 g/mol. The lowest BCUT2D eigenvalue weighted by molar-refractivity contribution is -0.137.